The Bertz CT molecular complexity index is 655. The van der Waals surface area contributed by atoms with Gasteiger partial charge in [0.15, 0.2) is 6.61 Å². The minimum absolute atomic E-state index is 0.0157. The van der Waals surface area contributed by atoms with Crippen molar-refractivity contribution in [1.29, 1.82) is 5.26 Å². The first-order valence-electron chi connectivity index (χ1n) is 7.59. The molecule has 1 atom stereocenters. The van der Waals surface area contributed by atoms with Gasteiger partial charge in [-0.1, -0.05) is 6.92 Å². The molecule has 1 N–H and O–H groups in total. The van der Waals surface area contributed by atoms with E-state index in [2.05, 4.69) is 18.3 Å². The van der Waals surface area contributed by atoms with E-state index in [0.717, 1.165) is 37.7 Å². The van der Waals surface area contributed by atoms with Crippen molar-refractivity contribution in [2.24, 2.45) is 11.8 Å². The zero-order valence-corrected chi connectivity index (χ0v) is 13.3. The van der Waals surface area contributed by atoms with Crippen LogP contribution in [-0.4, -0.2) is 18.5 Å². The number of rotatable bonds is 4. The van der Waals surface area contributed by atoms with Crippen molar-refractivity contribution in [2.75, 3.05) is 11.9 Å². The highest BCUT2D eigenvalue weighted by molar-refractivity contribution is 7.16. The summed E-state index contributed by atoms with van der Waals surface area (Å²) in [7, 11) is 0. The first-order chi connectivity index (χ1) is 10.6. The predicted octanol–water partition coefficient (Wildman–Crippen LogP) is 2.64. The van der Waals surface area contributed by atoms with E-state index in [-0.39, 0.29) is 24.4 Å². The average Bonchev–Trinajstić information content (AvgIpc) is 3.27. The molecule has 22 heavy (non-hydrogen) atoms. The Balaban J connectivity index is 1.65. The summed E-state index contributed by atoms with van der Waals surface area (Å²) in [6, 6.07) is 2.20. The van der Waals surface area contributed by atoms with E-state index in [1.807, 2.05) is 0 Å². The number of carbonyl (C=O) groups is 2. The van der Waals surface area contributed by atoms with E-state index in [9.17, 15) is 14.9 Å². The summed E-state index contributed by atoms with van der Waals surface area (Å²) in [5.74, 6) is -0.0779. The average molecular weight is 318 g/mol. The Morgan fingerprint density at radius 1 is 1.41 bits per heavy atom. The fourth-order valence-electron chi connectivity index (χ4n) is 2.69. The highest BCUT2D eigenvalue weighted by atomic mass is 32.1. The largest absolute Gasteiger partial charge is 0.455 e. The van der Waals surface area contributed by atoms with E-state index in [1.165, 1.54) is 16.2 Å². The molecule has 1 amide bonds. The molecule has 2 aliphatic carbocycles. The molecule has 0 unspecified atom stereocenters. The number of carbonyl (C=O) groups excluding carboxylic acids is 2. The third-order valence-electron chi connectivity index (χ3n) is 4.13. The van der Waals surface area contributed by atoms with Gasteiger partial charge in [-0.2, -0.15) is 5.26 Å². The molecular weight excluding hydrogens is 300 g/mol. The number of fused-ring (bicyclic) bond motifs is 1. The van der Waals surface area contributed by atoms with E-state index in [1.54, 1.807) is 0 Å². The van der Waals surface area contributed by atoms with Crippen LogP contribution in [0, 0.1) is 23.2 Å². The van der Waals surface area contributed by atoms with Crippen LogP contribution in [0.1, 0.15) is 42.2 Å². The fourth-order valence-corrected chi connectivity index (χ4v) is 4.07. The molecule has 0 saturated heterocycles. The molecule has 1 aromatic rings. The minimum Gasteiger partial charge on any atom is -0.455 e. The van der Waals surface area contributed by atoms with Crippen LogP contribution in [0.15, 0.2) is 0 Å². The Hall–Kier alpha value is -1.87. The summed E-state index contributed by atoms with van der Waals surface area (Å²) in [5.41, 5.74) is 1.66. The molecule has 6 heteroatoms. The molecule has 0 radical (unpaired) electrons. The highest BCUT2D eigenvalue weighted by Crippen LogP contribution is 2.39. The topological polar surface area (TPSA) is 79.2 Å². The lowest BCUT2D eigenvalue weighted by molar-refractivity contribution is -0.148. The second-order valence-corrected chi connectivity index (χ2v) is 7.20. The minimum atomic E-state index is -0.378. The predicted molar refractivity (Wildman–Crippen MR) is 82.5 cm³/mol. The van der Waals surface area contributed by atoms with Gasteiger partial charge in [0, 0.05) is 4.88 Å². The Kier molecular flexibility index (Phi) is 4.16. The second-order valence-electron chi connectivity index (χ2n) is 6.10. The number of anilines is 1. The standard InChI is InChI=1S/C16H18N2O3S/c1-9-2-5-11-12(7-17)15(22-13(11)6-9)18-14(19)8-21-16(20)10-3-4-10/h9-10H,2-6,8H2,1H3,(H,18,19)/t9-/m1/s1. The van der Waals surface area contributed by atoms with Crippen LogP contribution < -0.4 is 5.32 Å². The quantitative estimate of drug-likeness (QED) is 0.866. The van der Waals surface area contributed by atoms with E-state index < -0.39 is 0 Å². The number of ether oxygens (including phenoxy) is 1. The first-order valence-corrected chi connectivity index (χ1v) is 8.41. The lowest BCUT2D eigenvalue weighted by Crippen LogP contribution is -2.21. The molecule has 0 bridgehead atoms. The van der Waals surface area contributed by atoms with Crippen LogP contribution >= 0.6 is 11.3 Å². The molecule has 1 heterocycles. The number of thiophene rings is 1. The smallest absolute Gasteiger partial charge is 0.309 e. The summed E-state index contributed by atoms with van der Waals surface area (Å²) < 4.78 is 4.96. The van der Waals surface area contributed by atoms with Crippen molar-refractivity contribution in [1.82, 2.24) is 0 Å². The maximum absolute atomic E-state index is 11.9. The summed E-state index contributed by atoms with van der Waals surface area (Å²) in [5, 5.41) is 12.7. The number of hydrogen-bond donors (Lipinski definition) is 1. The van der Waals surface area contributed by atoms with Crippen molar-refractivity contribution >= 4 is 28.2 Å². The molecule has 3 rings (SSSR count). The molecule has 1 saturated carbocycles. The highest BCUT2D eigenvalue weighted by Gasteiger charge is 2.31. The van der Waals surface area contributed by atoms with Gasteiger partial charge in [-0.15, -0.1) is 11.3 Å². The van der Waals surface area contributed by atoms with Crippen LogP contribution in [0.3, 0.4) is 0 Å². The lowest BCUT2D eigenvalue weighted by atomic mass is 9.89. The Morgan fingerprint density at radius 3 is 2.86 bits per heavy atom. The Morgan fingerprint density at radius 2 is 2.18 bits per heavy atom. The van der Waals surface area contributed by atoms with Gasteiger partial charge in [0.1, 0.15) is 11.1 Å². The third kappa shape index (κ3) is 3.14. The molecule has 0 spiro atoms. The zero-order chi connectivity index (χ0) is 15.7. The molecule has 0 aliphatic heterocycles. The number of nitriles is 1. The van der Waals surface area contributed by atoms with Gasteiger partial charge in [0.2, 0.25) is 0 Å². The molecule has 0 aromatic carbocycles. The van der Waals surface area contributed by atoms with Crippen molar-refractivity contribution in [3.63, 3.8) is 0 Å². The van der Waals surface area contributed by atoms with Gasteiger partial charge < -0.3 is 10.1 Å². The monoisotopic (exact) mass is 318 g/mol. The lowest BCUT2D eigenvalue weighted by Gasteiger charge is -2.17. The van der Waals surface area contributed by atoms with Crippen molar-refractivity contribution in [3.8, 4) is 6.07 Å². The molecule has 1 aromatic heterocycles. The summed E-state index contributed by atoms with van der Waals surface area (Å²) in [6.45, 7) is 1.92. The number of nitrogens with zero attached hydrogens (tertiary/aromatic N) is 1. The van der Waals surface area contributed by atoms with Crippen molar-refractivity contribution < 1.29 is 14.3 Å². The second kappa shape index (κ2) is 6.09. The molecule has 1 fully saturated rings. The fraction of sp³-hybridized carbons (Fsp3) is 0.562. The molecule has 116 valence electrons. The van der Waals surface area contributed by atoms with Crippen LogP contribution in [-0.2, 0) is 27.2 Å². The molecular formula is C16H18N2O3S. The van der Waals surface area contributed by atoms with Crippen LogP contribution in [0.5, 0.6) is 0 Å². The van der Waals surface area contributed by atoms with E-state index in [0.29, 0.717) is 16.5 Å². The summed E-state index contributed by atoms with van der Waals surface area (Å²) >= 11 is 1.48. The van der Waals surface area contributed by atoms with Gasteiger partial charge in [0.25, 0.3) is 5.91 Å². The van der Waals surface area contributed by atoms with Crippen molar-refractivity contribution in [3.05, 3.63) is 16.0 Å². The molecule has 2 aliphatic rings. The zero-order valence-electron chi connectivity index (χ0n) is 12.5. The van der Waals surface area contributed by atoms with Crippen LogP contribution in [0.2, 0.25) is 0 Å². The van der Waals surface area contributed by atoms with Gasteiger partial charge in [-0.25, -0.2) is 0 Å². The summed E-state index contributed by atoms with van der Waals surface area (Å²) in [6.07, 6.45) is 4.64. The van der Waals surface area contributed by atoms with Crippen LogP contribution in [0.4, 0.5) is 5.00 Å². The maximum atomic E-state index is 11.9. The Labute approximate surface area is 133 Å². The van der Waals surface area contributed by atoms with Gasteiger partial charge in [0.05, 0.1) is 11.5 Å². The number of nitrogens with one attached hydrogen (secondary N) is 1. The van der Waals surface area contributed by atoms with Crippen molar-refractivity contribution in [2.45, 2.75) is 39.0 Å². The number of hydrogen-bond acceptors (Lipinski definition) is 5. The number of esters is 1. The summed E-state index contributed by atoms with van der Waals surface area (Å²) in [4.78, 5) is 24.5. The van der Waals surface area contributed by atoms with Crippen LogP contribution in [0.25, 0.3) is 0 Å². The molecule has 5 nitrogen and oxygen atoms in total. The van der Waals surface area contributed by atoms with Gasteiger partial charge >= 0.3 is 5.97 Å². The van der Waals surface area contributed by atoms with E-state index >= 15 is 0 Å². The SMILES string of the molecule is C[C@@H]1CCc2c(sc(NC(=O)COC(=O)C3CC3)c2C#N)C1. The van der Waals surface area contributed by atoms with Gasteiger partial charge in [-0.05, 0) is 43.6 Å². The third-order valence-corrected chi connectivity index (χ3v) is 5.30. The number of amides is 1. The van der Waals surface area contributed by atoms with Gasteiger partial charge in [-0.3, -0.25) is 9.59 Å². The van der Waals surface area contributed by atoms with E-state index in [4.69, 9.17) is 4.74 Å². The normalized spacial score (nSPS) is 19.9. The maximum Gasteiger partial charge on any atom is 0.309 e. The first kappa shape index (κ1) is 15.0.